The number of nitrogens with zero attached hydrogens (tertiary/aromatic N) is 5. The van der Waals surface area contributed by atoms with Gasteiger partial charge in [-0.2, -0.15) is 0 Å². The van der Waals surface area contributed by atoms with Gasteiger partial charge in [0.25, 0.3) is 5.91 Å². The predicted molar refractivity (Wildman–Crippen MR) is 145 cm³/mol. The summed E-state index contributed by atoms with van der Waals surface area (Å²) in [7, 11) is 5.36. The Balaban J connectivity index is 1.21. The molecule has 0 spiro atoms. The standard InChI is InChI=1S/C26H29N7O3S/c1-31-8-10-33(11-9-31)16-17-4-6-18(7-5-17)24(34)30-22-15-28-26(37-22)32(2)20-12-19-13-21(25(35)36-3)29-23(19)27-14-20/h4-7,12-15H,8-11,16H2,1-3H3,(H,27,29)(H,30,34). The second-order valence-electron chi connectivity index (χ2n) is 9.10. The lowest BCUT2D eigenvalue weighted by atomic mass is 10.1. The summed E-state index contributed by atoms with van der Waals surface area (Å²) in [6.45, 7) is 5.18. The number of fused-ring (bicyclic) bond motifs is 1. The number of pyridine rings is 1. The van der Waals surface area contributed by atoms with E-state index in [9.17, 15) is 9.59 Å². The highest BCUT2D eigenvalue weighted by atomic mass is 32.1. The summed E-state index contributed by atoms with van der Waals surface area (Å²) in [4.78, 5) is 43.1. The number of methoxy groups -OCH3 is 1. The molecule has 0 aliphatic carbocycles. The number of H-pyrrole nitrogens is 1. The number of aromatic amines is 1. The highest BCUT2D eigenvalue weighted by molar-refractivity contribution is 7.19. The fraction of sp³-hybridized carbons (Fsp3) is 0.308. The average Bonchev–Trinajstić information content (AvgIpc) is 3.56. The molecule has 5 rings (SSSR count). The number of piperazine rings is 1. The molecule has 1 aliphatic rings. The Morgan fingerprint density at radius 3 is 2.59 bits per heavy atom. The molecule has 3 aromatic heterocycles. The summed E-state index contributed by atoms with van der Waals surface area (Å²) in [5.41, 5.74) is 3.55. The van der Waals surface area contributed by atoms with Crippen LogP contribution < -0.4 is 10.2 Å². The van der Waals surface area contributed by atoms with E-state index in [4.69, 9.17) is 4.74 Å². The SMILES string of the molecule is COC(=O)c1cc2cc(N(C)c3ncc(NC(=O)c4ccc(CN5CCN(C)CC5)cc4)s3)cnc2[nH]1. The third-order valence-corrected chi connectivity index (χ3v) is 7.47. The number of aromatic nitrogens is 3. The van der Waals surface area contributed by atoms with Crippen molar-refractivity contribution in [3.8, 4) is 0 Å². The van der Waals surface area contributed by atoms with Crippen molar-refractivity contribution in [2.24, 2.45) is 0 Å². The number of likely N-dealkylation sites (N-methyl/N-ethyl adjacent to an activating group) is 1. The van der Waals surface area contributed by atoms with Gasteiger partial charge in [-0.15, -0.1) is 0 Å². The molecule has 1 aromatic carbocycles. The van der Waals surface area contributed by atoms with E-state index in [0.717, 1.165) is 43.8 Å². The predicted octanol–water partition coefficient (Wildman–Crippen LogP) is 3.57. The molecule has 1 saturated heterocycles. The number of carbonyl (C=O) groups is 2. The van der Waals surface area contributed by atoms with Crippen molar-refractivity contribution in [3.63, 3.8) is 0 Å². The smallest absolute Gasteiger partial charge is 0.354 e. The Morgan fingerprint density at radius 1 is 1.11 bits per heavy atom. The summed E-state index contributed by atoms with van der Waals surface area (Å²) >= 11 is 1.37. The number of hydrogen-bond acceptors (Lipinski definition) is 9. The molecule has 0 atom stereocenters. The molecule has 0 unspecified atom stereocenters. The van der Waals surface area contributed by atoms with Crippen LogP contribution in [-0.4, -0.2) is 84.0 Å². The minimum absolute atomic E-state index is 0.172. The van der Waals surface area contributed by atoms with Crippen LogP contribution in [-0.2, 0) is 11.3 Å². The molecule has 0 saturated carbocycles. The molecule has 10 nitrogen and oxygen atoms in total. The zero-order chi connectivity index (χ0) is 25.9. The molecule has 1 fully saturated rings. The molecular weight excluding hydrogens is 490 g/mol. The quantitative estimate of drug-likeness (QED) is 0.357. The van der Waals surface area contributed by atoms with E-state index in [2.05, 4.69) is 37.1 Å². The monoisotopic (exact) mass is 519 g/mol. The third-order valence-electron chi connectivity index (χ3n) is 6.48. The van der Waals surface area contributed by atoms with Crippen molar-refractivity contribution in [3.05, 3.63) is 65.6 Å². The number of nitrogens with one attached hydrogen (secondary N) is 2. The van der Waals surface area contributed by atoms with Crippen LogP contribution in [0.25, 0.3) is 11.0 Å². The van der Waals surface area contributed by atoms with Gasteiger partial charge in [0.05, 0.1) is 25.2 Å². The van der Waals surface area contributed by atoms with Crippen molar-refractivity contribution < 1.29 is 14.3 Å². The third kappa shape index (κ3) is 5.63. The summed E-state index contributed by atoms with van der Waals surface area (Å²) in [6, 6.07) is 11.4. The van der Waals surface area contributed by atoms with E-state index in [0.29, 0.717) is 27.0 Å². The first-order valence-electron chi connectivity index (χ1n) is 12.0. The van der Waals surface area contributed by atoms with Crippen molar-refractivity contribution in [1.29, 1.82) is 0 Å². The topological polar surface area (TPSA) is 107 Å². The highest BCUT2D eigenvalue weighted by Gasteiger charge is 2.16. The molecule has 4 heterocycles. The molecule has 4 aromatic rings. The maximum absolute atomic E-state index is 12.8. The number of rotatable bonds is 7. The first-order chi connectivity index (χ1) is 17.9. The lowest BCUT2D eigenvalue weighted by molar-refractivity contribution is 0.0595. The zero-order valence-electron chi connectivity index (χ0n) is 21.0. The second-order valence-corrected chi connectivity index (χ2v) is 10.1. The lowest BCUT2D eigenvalue weighted by Gasteiger charge is -2.32. The summed E-state index contributed by atoms with van der Waals surface area (Å²) in [5, 5.41) is 5.08. The van der Waals surface area contributed by atoms with Crippen LogP contribution in [0.1, 0.15) is 26.4 Å². The molecule has 1 amide bonds. The number of ether oxygens (including phenoxy) is 1. The number of amides is 1. The normalized spacial score (nSPS) is 14.6. The Bertz CT molecular complexity index is 1410. The van der Waals surface area contributed by atoms with E-state index < -0.39 is 5.97 Å². The van der Waals surface area contributed by atoms with Crippen LogP contribution in [0.15, 0.2) is 48.8 Å². The number of carbonyl (C=O) groups excluding carboxylic acids is 2. The molecule has 1 aliphatic heterocycles. The van der Waals surface area contributed by atoms with Gasteiger partial charge in [0.2, 0.25) is 0 Å². The van der Waals surface area contributed by atoms with Gasteiger partial charge >= 0.3 is 5.97 Å². The van der Waals surface area contributed by atoms with Crippen molar-refractivity contribution in [2.45, 2.75) is 6.54 Å². The lowest BCUT2D eigenvalue weighted by Crippen LogP contribution is -2.43. The van der Waals surface area contributed by atoms with Gasteiger partial charge in [-0.05, 0) is 36.9 Å². The minimum Gasteiger partial charge on any atom is -0.464 e. The largest absolute Gasteiger partial charge is 0.464 e. The van der Waals surface area contributed by atoms with E-state index >= 15 is 0 Å². The van der Waals surface area contributed by atoms with Crippen molar-refractivity contribution in [2.75, 3.05) is 57.6 Å². The summed E-state index contributed by atoms with van der Waals surface area (Å²) in [6.07, 6.45) is 3.34. The average molecular weight is 520 g/mol. The Kier molecular flexibility index (Phi) is 7.17. The van der Waals surface area contributed by atoms with Crippen LogP contribution in [0.2, 0.25) is 0 Å². The van der Waals surface area contributed by atoms with Crippen LogP contribution in [0, 0.1) is 0 Å². The van der Waals surface area contributed by atoms with E-state index in [1.54, 1.807) is 18.5 Å². The molecular formula is C26H29N7O3S. The molecule has 2 N–H and O–H groups in total. The van der Waals surface area contributed by atoms with Crippen LogP contribution >= 0.6 is 11.3 Å². The van der Waals surface area contributed by atoms with Crippen molar-refractivity contribution >= 4 is 50.1 Å². The summed E-state index contributed by atoms with van der Waals surface area (Å²) < 4.78 is 4.76. The van der Waals surface area contributed by atoms with Gasteiger partial charge in [-0.1, -0.05) is 23.5 Å². The van der Waals surface area contributed by atoms with Crippen LogP contribution in [0.4, 0.5) is 15.8 Å². The van der Waals surface area contributed by atoms with E-state index in [1.165, 1.54) is 24.0 Å². The van der Waals surface area contributed by atoms with Crippen molar-refractivity contribution in [1.82, 2.24) is 24.8 Å². The van der Waals surface area contributed by atoms with E-state index in [1.807, 2.05) is 42.3 Å². The van der Waals surface area contributed by atoms with Crippen LogP contribution in [0.5, 0.6) is 0 Å². The highest BCUT2D eigenvalue weighted by Crippen LogP contribution is 2.32. The molecule has 11 heteroatoms. The number of benzene rings is 1. The summed E-state index contributed by atoms with van der Waals surface area (Å²) in [5.74, 6) is -0.618. The zero-order valence-corrected chi connectivity index (χ0v) is 21.8. The van der Waals surface area contributed by atoms with Gasteiger partial charge in [-0.3, -0.25) is 9.69 Å². The minimum atomic E-state index is -0.446. The molecule has 0 bridgehead atoms. The van der Waals surface area contributed by atoms with Gasteiger partial charge in [0.15, 0.2) is 5.13 Å². The molecule has 0 radical (unpaired) electrons. The number of esters is 1. The maximum atomic E-state index is 12.8. The number of hydrogen-bond donors (Lipinski definition) is 2. The van der Waals surface area contributed by atoms with Gasteiger partial charge < -0.3 is 24.8 Å². The fourth-order valence-electron chi connectivity index (χ4n) is 4.21. The number of anilines is 3. The first kappa shape index (κ1) is 24.9. The Labute approximate surface area is 218 Å². The molecule has 37 heavy (non-hydrogen) atoms. The van der Waals surface area contributed by atoms with Gasteiger partial charge in [0.1, 0.15) is 16.3 Å². The Hall–Kier alpha value is -3.80. The van der Waals surface area contributed by atoms with Gasteiger partial charge in [-0.25, -0.2) is 14.8 Å². The van der Waals surface area contributed by atoms with Gasteiger partial charge in [0, 0.05) is 50.7 Å². The molecule has 192 valence electrons. The maximum Gasteiger partial charge on any atom is 0.354 e. The fourth-order valence-corrected chi connectivity index (χ4v) is 5.00. The van der Waals surface area contributed by atoms with E-state index in [-0.39, 0.29) is 5.91 Å². The first-order valence-corrected chi connectivity index (χ1v) is 12.8. The second kappa shape index (κ2) is 10.7. The van der Waals surface area contributed by atoms with Crippen LogP contribution in [0.3, 0.4) is 0 Å². The Morgan fingerprint density at radius 2 is 1.86 bits per heavy atom. The number of thiazole rings is 1.